The van der Waals surface area contributed by atoms with Gasteiger partial charge in [0.1, 0.15) is 10.8 Å². The van der Waals surface area contributed by atoms with Gasteiger partial charge >= 0.3 is 0 Å². The fraction of sp³-hybridized carbons (Fsp3) is 0.312. The molecular weight excluding hydrogens is 312 g/mol. The molecule has 0 saturated heterocycles. The van der Waals surface area contributed by atoms with Crippen LogP contribution < -0.4 is 0 Å². The van der Waals surface area contributed by atoms with E-state index in [1.54, 1.807) is 22.7 Å². The predicted molar refractivity (Wildman–Crippen MR) is 90.0 cm³/mol. The smallest absolute Gasteiger partial charge is 0.125 e. The number of aryl methyl sites for hydroxylation is 1. The highest BCUT2D eigenvalue weighted by Gasteiger charge is 2.19. The first-order valence-corrected chi connectivity index (χ1v) is 9.11. The molecule has 0 aliphatic carbocycles. The lowest BCUT2D eigenvalue weighted by Crippen LogP contribution is -2.31. The van der Waals surface area contributed by atoms with Gasteiger partial charge in [0.2, 0.25) is 0 Å². The number of hydrogen-bond donors (Lipinski definition) is 0. The number of nitrogens with zero attached hydrogens (tertiary/aromatic N) is 4. The van der Waals surface area contributed by atoms with Gasteiger partial charge < -0.3 is 0 Å². The van der Waals surface area contributed by atoms with Crippen LogP contribution in [0.15, 0.2) is 28.4 Å². The Morgan fingerprint density at radius 3 is 3.09 bits per heavy atom. The maximum absolute atomic E-state index is 4.77. The Labute approximate surface area is 137 Å². The fourth-order valence-electron chi connectivity index (χ4n) is 2.72. The highest BCUT2D eigenvalue weighted by Crippen LogP contribution is 2.27. The summed E-state index contributed by atoms with van der Waals surface area (Å²) >= 11 is 3.44. The van der Waals surface area contributed by atoms with Gasteiger partial charge in [0.25, 0.3) is 0 Å². The molecule has 1 aliphatic rings. The van der Waals surface area contributed by atoms with Crippen LogP contribution in [0.1, 0.15) is 22.8 Å². The molecule has 0 amide bonds. The molecule has 1 aliphatic heterocycles. The van der Waals surface area contributed by atoms with Crippen LogP contribution in [0.2, 0.25) is 0 Å². The highest BCUT2D eigenvalue weighted by molar-refractivity contribution is 7.14. The van der Waals surface area contributed by atoms with Crippen molar-refractivity contribution in [3.8, 4) is 10.6 Å². The molecule has 0 atom stereocenters. The Balaban J connectivity index is 1.48. The number of rotatable bonds is 3. The molecule has 0 radical (unpaired) electrons. The Kier molecular flexibility index (Phi) is 3.73. The van der Waals surface area contributed by atoms with Crippen LogP contribution in [-0.2, 0) is 19.5 Å². The molecule has 0 bridgehead atoms. The lowest BCUT2D eigenvalue weighted by molar-refractivity contribution is 0.238. The molecule has 4 rings (SSSR count). The average molecular weight is 328 g/mol. The van der Waals surface area contributed by atoms with Crippen molar-refractivity contribution in [2.45, 2.75) is 26.4 Å². The van der Waals surface area contributed by atoms with Gasteiger partial charge in [0.15, 0.2) is 0 Å². The van der Waals surface area contributed by atoms with Crippen molar-refractivity contribution in [3.63, 3.8) is 0 Å². The van der Waals surface area contributed by atoms with Crippen molar-refractivity contribution >= 4 is 22.7 Å². The summed E-state index contributed by atoms with van der Waals surface area (Å²) in [6.45, 7) is 4.78. The average Bonchev–Trinajstić information content (AvgIpc) is 3.17. The van der Waals surface area contributed by atoms with Crippen molar-refractivity contribution in [3.05, 3.63) is 51.2 Å². The van der Waals surface area contributed by atoms with Crippen LogP contribution in [0.25, 0.3) is 10.6 Å². The molecule has 0 saturated carbocycles. The van der Waals surface area contributed by atoms with Crippen molar-refractivity contribution in [1.29, 1.82) is 0 Å². The monoisotopic (exact) mass is 328 g/mol. The molecule has 0 N–H and O–H groups in total. The molecular formula is C16H16N4S2. The van der Waals surface area contributed by atoms with Gasteiger partial charge in [0, 0.05) is 42.2 Å². The van der Waals surface area contributed by atoms with Gasteiger partial charge in [-0.1, -0.05) is 0 Å². The Morgan fingerprint density at radius 2 is 2.23 bits per heavy atom. The minimum absolute atomic E-state index is 0.856. The van der Waals surface area contributed by atoms with Gasteiger partial charge in [-0.15, -0.1) is 11.3 Å². The lowest BCUT2D eigenvalue weighted by Gasteiger charge is -2.27. The SMILES string of the molecule is Cc1ncc2c(n1)CN(Cc1csc(-c3ccsc3)n1)CC2. The number of fused-ring (bicyclic) bond motifs is 1. The van der Waals surface area contributed by atoms with Crippen molar-refractivity contribution in [1.82, 2.24) is 19.9 Å². The normalized spacial score (nSPS) is 15.0. The zero-order chi connectivity index (χ0) is 14.9. The topological polar surface area (TPSA) is 41.9 Å². The third-order valence-corrected chi connectivity index (χ3v) is 5.47. The van der Waals surface area contributed by atoms with Crippen LogP contribution in [0.3, 0.4) is 0 Å². The standard InChI is InChI=1S/C16H16N4S2/c1-11-17-6-12-2-4-20(8-15(12)18-11)7-14-10-22-16(19-14)13-3-5-21-9-13/h3,5-6,9-10H,2,4,7-8H2,1H3. The van der Waals surface area contributed by atoms with Gasteiger partial charge in [0.05, 0.1) is 11.4 Å². The number of aromatic nitrogens is 3. The fourth-order valence-corrected chi connectivity index (χ4v) is 4.24. The Bertz CT molecular complexity index is 779. The predicted octanol–water partition coefficient (Wildman–Crippen LogP) is 3.53. The maximum Gasteiger partial charge on any atom is 0.125 e. The zero-order valence-corrected chi connectivity index (χ0v) is 14.0. The van der Waals surface area contributed by atoms with Crippen LogP contribution >= 0.6 is 22.7 Å². The first-order valence-electron chi connectivity index (χ1n) is 7.28. The summed E-state index contributed by atoms with van der Waals surface area (Å²) in [5, 5.41) is 7.54. The van der Waals surface area contributed by atoms with E-state index >= 15 is 0 Å². The largest absolute Gasteiger partial charge is 0.291 e. The minimum atomic E-state index is 0.856. The summed E-state index contributed by atoms with van der Waals surface area (Å²) in [5.41, 5.74) is 4.85. The van der Waals surface area contributed by atoms with E-state index < -0.39 is 0 Å². The van der Waals surface area contributed by atoms with E-state index in [-0.39, 0.29) is 0 Å². The van der Waals surface area contributed by atoms with E-state index in [1.165, 1.54) is 16.8 Å². The summed E-state index contributed by atoms with van der Waals surface area (Å²) in [6.07, 6.45) is 3.00. The van der Waals surface area contributed by atoms with E-state index in [2.05, 4.69) is 37.1 Å². The summed E-state index contributed by atoms with van der Waals surface area (Å²) in [7, 11) is 0. The van der Waals surface area contributed by atoms with E-state index in [1.807, 2.05) is 13.1 Å². The van der Waals surface area contributed by atoms with E-state index in [4.69, 9.17) is 4.98 Å². The maximum atomic E-state index is 4.77. The van der Waals surface area contributed by atoms with Gasteiger partial charge in [-0.05, 0) is 30.4 Å². The molecule has 0 aromatic carbocycles. The van der Waals surface area contributed by atoms with Crippen LogP contribution in [0.4, 0.5) is 0 Å². The summed E-state index contributed by atoms with van der Waals surface area (Å²) in [6, 6.07) is 2.13. The molecule has 22 heavy (non-hydrogen) atoms. The van der Waals surface area contributed by atoms with Crippen LogP contribution in [0, 0.1) is 6.92 Å². The van der Waals surface area contributed by atoms with Gasteiger partial charge in [-0.3, -0.25) is 4.90 Å². The quantitative estimate of drug-likeness (QED) is 0.737. The molecule has 0 spiro atoms. The lowest BCUT2D eigenvalue weighted by atomic mass is 10.1. The molecule has 6 heteroatoms. The second-order valence-corrected chi connectivity index (χ2v) is 7.14. The molecule has 0 unspecified atom stereocenters. The van der Waals surface area contributed by atoms with Crippen LogP contribution in [-0.4, -0.2) is 26.4 Å². The third kappa shape index (κ3) is 2.82. The van der Waals surface area contributed by atoms with E-state index in [0.29, 0.717) is 0 Å². The molecule has 4 nitrogen and oxygen atoms in total. The third-order valence-electron chi connectivity index (χ3n) is 3.85. The molecule has 3 aromatic heterocycles. The number of hydrogen-bond acceptors (Lipinski definition) is 6. The van der Waals surface area contributed by atoms with Crippen LogP contribution in [0.5, 0.6) is 0 Å². The number of thiazole rings is 1. The molecule has 0 fully saturated rings. The summed E-state index contributed by atoms with van der Waals surface area (Å²) in [5.74, 6) is 0.856. The Morgan fingerprint density at radius 1 is 1.27 bits per heavy atom. The first-order chi connectivity index (χ1) is 10.8. The molecule has 112 valence electrons. The van der Waals surface area contributed by atoms with Crippen molar-refractivity contribution in [2.24, 2.45) is 0 Å². The second-order valence-electron chi connectivity index (χ2n) is 5.51. The summed E-state index contributed by atoms with van der Waals surface area (Å²) in [4.78, 5) is 16.1. The Hall–Kier alpha value is -1.63. The number of thiophene rings is 1. The molecule has 4 heterocycles. The van der Waals surface area contributed by atoms with E-state index in [9.17, 15) is 0 Å². The van der Waals surface area contributed by atoms with Gasteiger partial charge in [-0.25, -0.2) is 15.0 Å². The minimum Gasteiger partial charge on any atom is -0.291 e. The first kappa shape index (κ1) is 14.0. The van der Waals surface area contributed by atoms with E-state index in [0.717, 1.165) is 42.6 Å². The summed E-state index contributed by atoms with van der Waals surface area (Å²) < 4.78 is 0. The highest BCUT2D eigenvalue weighted by atomic mass is 32.1. The zero-order valence-electron chi connectivity index (χ0n) is 12.3. The van der Waals surface area contributed by atoms with Crippen molar-refractivity contribution < 1.29 is 0 Å². The second kappa shape index (κ2) is 5.87. The van der Waals surface area contributed by atoms with Crippen molar-refractivity contribution in [2.75, 3.05) is 6.54 Å². The molecule has 3 aromatic rings. The van der Waals surface area contributed by atoms with Gasteiger partial charge in [-0.2, -0.15) is 11.3 Å².